The van der Waals surface area contributed by atoms with E-state index in [0.29, 0.717) is 12.8 Å². The van der Waals surface area contributed by atoms with Crippen LogP contribution in [0.2, 0.25) is 0 Å². The third-order valence-electron chi connectivity index (χ3n) is 14.4. The lowest BCUT2D eigenvalue weighted by Crippen LogP contribution is -2.61. The van der Waals surface area contributed by atoms with Crippen LogP contribution in [0.5, 0.6) is 0 Å². The van der Waals surface area contributed by atoms with E-state index in [9.17, 15) is 35.1 Å². The summed E-state index contributed by atoms with van der Waals surface area (Å²) in [5, 5.41) is 56.8. The zero-order valence-electron chi connectivity index (χ0n) is 46.1. The third kappa shape index (κ3) is 37.5. The smallest absolute Gasteiger partial charge is 0.306 e. The van der Waals surface area contributed by atoms with Gasteiger partial charge in [-0.2, -0.15) is 0 Å². The number of allylic oxidation sites excluding steroid dienone is 3. The second-order valence-corrected chi connectivity index (χ2v) is 21.1. The molecule has 0 aromatic rings. The molecule has 8 atom stereocenters. The Labute approximate surface area is 435 Å². The monoisotopic (exact) mass is 1010 g/mol. The minimum absolute atomic E-state index is 0.129. The fraction of sp³-hybridized carbons (Fsp3) is 0.900. The lowest BCUT2D eigenvalue weighted by molar-refractivity contribution is -0.305. The molecule has 0 aromatic carbocycles. The molecule has 0 bridgehead atoms. The molecule has 0 spiro atoms. The van der Waals surface area contributed by atoms with E-state index in [4.69, 9.17) is 14.2 Å². The number of amides is 1. The van der Waals surface area contributed by atoms with Gasteiger partial charge >= 0.3 is 5.97 Å². The van der Waals surface area contributed by atoms with Gasteiger partial charge in [-0.25, -0.2) is 0 Å². The van der Waals surface area contributed by atoms with Crippen molar-refractivity contribution in [3.8, 4) is 0 Å². The lowest BCUT2D eigenvalue weighted by Gasteiger charge is -2.41. The predicted octanol–water partition coefficient (Wildman–Crippen LogP) is 13.7. The number of aliphatic hydroxyl groups excluding tert-OH is 5. The van der Waals surface area contributed by atoms with Gasteiger partial charge in [0.05, 0.1) is 25.4 Å². The zero-order chi connectivity index (χ0) is 51.8. The summed E-state index contributed by atoms with van der Waals surface area (Å²) in [6, 6.07) is -1.02. The van der Waals surface area contributed by atoms with Crippen molar-refractivity contribution in [3.05, 3.63) is 24.3 Å². The number of carbonyl (C=O) groups is 2. The standard InChI is InChI=1S/C60H113NO10/c1-4-7-10-13-16-19-22-24-26-28-29-32-35-38-41-44-47-53(64)59(68)61-51(52(63)46-43-40-37-34-31-21-18-15-12-9-6-3)50-69-60-58(57(67)56(66)54(49-62)70-60)71-55(65)48-45-42-39-36-33-30-27-25-23-20-17-14-11-8-5-2/h24,26,43,46,51-54,56-58,60,62-64,66-67H,4-23,25,27-42,44-45,47-50H2,1-3H3,(H,61,68)/b26-24+,46-43+. The van der Waals surface area contributed by atoms with Crippen molar-refractivity contribution in [2.45, 2.75) is 333 Å². The fourth-order valence-corrected chi connectivity index (χ4v) is 9.53. The molecule has 1 amide bonds. The summed E-state index contributed by atoms with van der Waals surface area (Å²) in [6.45, 7) is 5.79. The first-order valence-electron chi connectivity index (χ1n) is 30.1. The summed E-state index contributed by atoms with van der Waals surface area (Å²) in [4.78, 5) is 26.5. The molecule has 11 heteroatoms. The molecule has 0 radical (unpaired) electrons. The average molecular weight is 1010 g/mol. The van der Waals surface area contributed by atoms with E-state index < -0.39 is 67.4 Å². The summed E-state index contributed by atoms with van der Waals surface area (Å²) < 4.78 is 17.6. The maximum absolute atomic E-state index is 13.4. The second kappa shape index (κ2) is 49.0. The SMILES string of the molecule is CCCCCCCC/C=C/CCCCCCCCC(O)C(=O)NC(COC1OC(CO)C(O)C(O)C1OC(=O)CCCCCCCCCCCCCCCCC)C(O)/C=C/CCCCCCCCCCC. The number of unbranched alkanes of at least 4 members (excludes halogenated alkanes) is 35. The zero-order valence-corrected chi connectivity index (χ0v) is 46.1. The molecule has 1 rings (SSSR count). The van der Waals surface area contributed by atoms with Crippen molar-refractivity contribution in [2.75, 3.05) is 13.2 Å². The van der Waals surface area contributed by atoms with E-state index in [1.165, 1.54) is 167 Å². The van der Waals surface area contributed by atoms with E-state index in [1.54, 1.807) is 6.08 Å². The van der Waals surface area contributed by atoms with Gasteiger partial charge in [0.1, 0.15) is 24.4 Å². The van der Waals surface area contributed by atoms with Crippen LogP contribution in [0.4, 0.5) is 0 Å². The Morgan fingerprint density at radius 1 is 0.535 bits per heavy atom. The lowest BCUT2D eigenvalue weighted by atomic mass is 9.99. The summed E-state index contributed by atoms with van der Waals surface area (Å²) in [5.41, 5.74) is 0. The van der Waals surface area contributed by atoms with Crippen LogP contribution < -0.4 is 5.32 Å². The van der Waals surface area contributed by atoms with Crippen molar-refractivity contribution in [1.29, 1.82) is 0 Å². The highest BCUT2D eigenvalue weighted by molar-refractivity contribution is 5.80. The number of esters is 1. The number of aliphatic hydroxyl groups is 5. The first kappa shape index (κ1) is 67.2. The fourth-order valence-electron chi connectivity index (χ4n) is 9.53. The quantitative estimate of drug-likeness (QED) is 0.0195. The van der Waals surface area contributed by atoms with Crippen molar-refractivity contribution < 1.29 is 49.3 Å². The van der Waals surface area contributed by atoms with Crippen LogP contribution >= 0.6 is 0 Å². The van der Waals surface area contributed by atoms with Crippen LogP contribution in [-0.4, -0.2) is 99.6 Å². The Morgan fingerprint density at radius 3 is 1.37 bits per heavy atom. The van der Waals surface area contributed by atoms with E-state index in [1.807, 2.05) is 6.08 Å². The molecule has 1 aliphatic rings. The maximum Gasteiger partial charge on any atom is 0.306 e. The molecule has 0 aromatic heterocycles. The minimum atomic E-state index is -1.61. The highest BCUT2D eigenvalue weighted by atomic mass is 16.7. The van der Waals surface area contributed by atoms with Gasteiger partial charge in [-0.15, -0.1) is 0 Å². The Balaban J connectivity index is 2.69. The van der Waals surface area contributed by atoms with Crippen molar-refractivity contribution in [1.82, 2.24) is 5.32 Å². The van der Waals surface area contributed by atoms with Gasteiger partial charge in [0.15, 0.2) is 12.4 Å². The summed E-state index contributed by atoms with van der Waals surface area (Å²) >= 11 is 0. The largest absolute Gasteiger partial charge is 0.454 e. The first-order valence-corrected chi connectivity index (χ1v) is 30.1. The Bertz CT molecular complexity index is 1250. The molecular weight excluding hydrogens is 895 g/mol. The van der Waals surface area contributed by atoms with Gasteiger partial charge in [-0.1, -0.05) is 251 Å². The van der Waals surface area contributed by atoms with Crippen LogP contribution in [0.1, 0.15) is 284 Å². The molecule has 1 saturated heterocycles. The van der Waals surface area contributed by atoms with Crippen LogP contribution in [-0.2, 0) is 23.8 Å². The van der Waals surface area contributed by atoms with Gasteiger partial charge in [-0.05, 0) is 51.4 Å². The Kier molecular flexibility index (Phi) is 46.4. The van der Waals surface area contributed by atoms with Crippen LogP contribution in [0.3, 0.4) is 0 Å². The summed E-state index contributed by atoms with van der Waals surface area (Å²) in [5.74, 6) is -1.19. The molecule has 6 N–H and O–H groups in total. The van der Waals surface area contributed by atoms with Gasteiger partial charge < -0.3 is 45.1 Å². The Hall–Kier alpha value is -1.86. The molecule has 8 unspecified atom stereocenters. The van der Waals surface area contributed by atoms with Crippen molar-refractivity contribution in [3.63, 3.8) is 0 Å². The number of ether oxygens (including phenoxy) is 3. The molecule has 1 aliphatic heterocycles. The average Bonchev–Trinajstić information content (AvgIpc) is 3.37. The molecule has 1 heterocycles. The molecule has 0 aliphatic carbocycles. The Morgan fingerprint density at radius 2 is 0.930 bits per heavy atom. The third-order valence-corrected chi connectivity index (χ3v) is 14.4. The number of carbonyl (C=O) groups excluding carboxylic acids is 2. The van der Waals surface area contributed by atoms with Crippen molar-refractivity contribution >= 4 is 11.9 Å². The van der Waals surface area contributed by atoms with Gasteiger partial charge in [0.25, 0.3) is 0 Å². The highest BCUT2D eigenvalue weighted by Crippen LogP contribution is 2.26. The van der Waals surface area contributed by atoms with Gasteiger partial charge in [-0.3, -0.25) is 9.59 Å². The molecule has 418 valence electrons. The van der Waals surface area contributed by atoms with Gasteiger partial charge in [0.2, 0.25) is 5.91 Å². The van der Waals surface area contributed by atoms with E-state index >= 15 is 0 Å². The van der Waals surface area contributed by atoms with Crippen molar-refractivity contribution in [2.24, 2.45) is 0 Å². The minimum Gasteiger partial charge on any atom is -0.454 e. The molecular formula is C60H113NO10. The van der Waals surface area contributed by atoms with Crippen LogP contribution in [0.15, 0.2) is 24.3 Å². The topological polar surface area (TPSA) is 175 Å². The number of hydrogen-bond donors (Lipinski definition) is 6. The van der Waals surface area contributed by atoms with Crippen LogP contribution in [0, 0.1) is 0 Å². The van der Waals surface area contributed by atoms with E-state index in [-0.39, 0.29) is 19.4 Å². The second-order valence-electron chi connectivity index (χ2n) is 21.1. The number of hydrogen-bond acceptors (Lipinski definition) is 10. The first-order chi connectivity index (χ1) is 34.7. The molecule has 1 fully saturated rings. The molecule has 11 nitrogen and oxygen atoms in total. The van der Waals surface area contributed by atoms with Crippen LogP contribution in [0.25, 0.3) is 0 Å². The molecule has 0 saturated carbocycles. The number of rotatable bonds is 51. The highest BCUT2D eigenvalue weighted by Gasteiger charge is 2.47. The number of nitrogens with one attached hydrogen (secondary N) is 1. The van der Waals surface area contributed by atoms with Gasteiger partial charge in [0, 0.05) is 6.42 Å². The summed E-state index contributed by atoms with van der Waals surface area (Å²) in [6.07, 6.45) is 45.0. The van der Waals surface area contributed by atoms with E-state index in [2.05, 4.69) is 38.2 Å². The normalized spacial score (nSPS) is 19.7. The molecule has 71 heavy (non-hydrogen) atoms. The maximum atomic E-state index is 13.4. The summed E-state index contributed by atoms with van der Waals surface area (Å²) in [7, 11) is 0. The van der Waals surface area contributed by atoms with E-state index in [0.717, 1.165) is 70.6 Å². The predicted molar refractivity (Wildman–Crippen MR) is 292 cm³/mol.